The smallest absolute Gasteiger partial charge is 0.0628 e. The fourth-order valence-corrected chi connectivity index (χ4v) is 0.505. The predicted octanol–water partition coefficient (Wildman–Crippen LogP) is -0.324. The zero-order valence-corrected chi connectivity index (χ0v) is 5.26. The molecule has 0 bridgehead atoms. The average molecular weight is 126 g/mol. The molecular weight excluding hydrogens is 118 g/mol. The number of carboxylic acid groups (broad SMARTS) is 1. The number of carbonyl (C=O) groups excluding carboxylic acids is 1. The van der Waals surface area contributed by atoms with E-state index in [1.165, 1.54) is 0 Å². The van der Waals surface area contributed by atoms with Gasteiger partial charge in [-0.25, -0.2) is 0 Å². The van der Waals surface area contributed by atoms with Gasteiger partial charge in [-0.3, -0.25) is 0 Å². The third kappa shape index (κ3) is 2.70. The minimum Gasteiger partial charge on any atom is -0.550 e. The number of nitrogens with zero attached hydrogens (tertiary/aromatic N) is 1. The fourth-order valence-electron chi connectivity index (χ4n) is 0.505. The summed E-state index contributed by atoms with van der Waals surface area (Å²) in [5.74, 6) is -1.71. The van der Waals surface area contributed by atoms with Crippen molar-refractivity contribution >= 4 is 5.97 Å². The van der Waals surface area contributed by atoms with Gasteiger partial charge in [0.1, 0.15) is 0 Å². The molecule has 0 saturated heterocycles. The molecule has 0 aliphatic carbocycles. The van der Waals surface area contributed by atoms with Crippen LogP contribution in [0.2, 0.25) is 0 Å². The lowest BCUT2D eigenvalue weighted by atomic mass is 10.0. The van der Waals surface area contributed by atoms with Crippen molar-refractivity contribution in [1.82, 2.24) is 0 Å². The first-order chi connectivity index (χ1) is 4.22. The van der Waals surface area contributed by atoms with E-state index >= 15 is 0 Å². The lowest BCUT2D eigenvalue weighted by Gasteiger charge is -2.10. The lowest BCUT2D eigenvalue weighted by molar-refractivity contribution is -0.311. The Morgan fingerprint density at radius 3 is 2.56 bits per heavy atom. The summed E-state index contributed by atoms with van der Waals surface area (Å²) < 4.78 is 0. The summed E-state index contributed by atoms with van der Waals surface area (Å²) in [4.78, 5) is 10.1. The molecule has 0 spiro atoms. The monoisotopic (exact) mass is 126 g/mol. The third-order valence-corrected chi connectivity index (χ3v) is 1.16. The van der Waals surface area contributed by atoms with E-state index in [-0.39, 0.29) is 6.42 Å². The molecular formula is C6H8NO2-. The SMILES string of the molecule is CCC(CC#N)C(=O)[O-]. The minimum absolute atomic E-state index is 0.0544. The van der Waals surface area contributed by atoms with Crippen molar-refractivity contribution in [2.75, 3.05) is 0 Å². The Bertz CT molecular complexity index is 136. The van der Waals surface area contributed by atoms with E-state index in [0.29, 0.717) is 6.42 Å². The number of carbonyl (C=O) groups is 1. The third-order valence-electron chi connectivity index (χ3n) is 1.16. The van der Waals surface area contributed by atoms with E-state index in [0.717, 1.165) is 0 Å². The minimum atomic E-state index is -1.13. The summed E-state index contributed by atoms with van der Waals surface area (Å²) in [5.41, 5.74) is 0. The molecule has 3 heteroatoms. The van der Waals surface area contributed by atoms with Crippen molar-refractivity contribution in [3.63, 3.8) is 0 Å². The Balaban J connectivity index is 3.71. The molecule has 0 aliphatic rings. The highest BCUT2D eigenvalue weighted by molar-refractivity contribution is 5.67. The number of nitriles is 1. The Hall–Kier alpha value is -1.04. The van der Waals surface area contributed by atoms with Crippen LogP contribution in [0.25, 0.3) is 0 Å². The second kappa shape index (κ2) is 3.90. The molecule has 0 heterocycles. The maximum absolute atomic E-state index is 10.1. The van der Waals surface area contributed by atoms with E-state index in [4.69, 9.17) is 5.26 Å². The summed E-state index contributed by atoms with van der Waals surface area (Å²) in [7, 11) is 0. The number of rotatable bonds is 3. The summed E-state index contributed by atoms with van der Waals surface area (Å²) in [5, 5.41) is 18.1. The topological polar surface area (TPSA) is 63.9 Å². The van der Waals surface area contributed by atoms with Crippen LogP contribution in [0, 0.1) is 17.2 Å². The molecule has 0 saturated carbocycles. The highest BCUT2D eigenvalue weighted by Gasteiger charge is 2.04. The predicted molar refractivity (Wildman–Crippen MR) is 29.0 cm³/mol. The number of carboxylic acids is 1. The van der Waals surface area contributed by atoms with Gasteiger partial charge in [0.15, 0.2) is 0 Å². The van der Waals surface area contributed by atoms with Crippen molar-refractivity contribution in [3.8, 4) is 6.07 Å². The molecule has 1 unspecified atom stereocenters. The van der Waals surface area contributed by atoms with Gasteiger partial charge in [-0.05, 0) is 6.42 Å². The molecule has 0 N–H and O–H groups in total. The van der Waals surface area contributed by atoms with Gasteiger partial charge in [0.25, 0.3) is 0 Å². The first-order valence-electron chi connectivity index (χ1n) is 2.80. The Morgan fingerprint density at radius 1 is 1.89 bits per heavy atom. The van der Waals surface area contributed by atoms with Gasteiger partial charge in [-0.2, -0.15) is 5.26 Å². The zero-order valence-electron chi connectivity index (χ0n) is 5.26. The van der Waals surface area contributed by atoms with Crippen LogP contribution in [0.3, 0.4) is 0 Å². The molecule has 0 aromatic rings. The van der Waals surface area contributed by atoms with Crippen molar-refractivity contribution in [2.45, 2.75) is 19.8 Å². The lowest BCUT2D eigenvalue weighted by Crippen LogP contribution is -2.30. The summed E-state index contributed by atoms with van der Waals surface area (Å²) in [6.45, 7) is 1.72. The zero-order chi connectivity index (χ0) is 7.28. The summed E-state index contributed by atoms with van der Waals surface area (Å²) in [6.07, 6.45) is 0.523. The molecule has 0 amide bonds. The molecule has 0 radical (unpaired) electrons. The van der Waals surface area contributed by atoms with Gasteiger partial charge < -0.3 is 9.90 Å². The van der Waals surface area contributed by atoms with E-state index in [2.05, 4.69) is 0 Å². The van der Waals surface area contributed by atoms with Gasteiger partial charge in [0.2, 0.25) is 0 Å². The van der Waals surface area contributed by atoms with Crippen LogP contribution >= 0.6 is 0 Å². The Morgan fingerprint density at radius 2 is 2.44 bits per heavy atom. The van der Waals surface area contributed by atoms with Crippen LogP contribution in [0.5, 0.6) is 0 Å². The molecule has 3 nitrogen and oxygen atoms in total. The van der Waals surface area contributed by atoms with E-state index in [1.54, 1.807) is 13.0 Å². The molecule has 0 fully saturated rings. The van der Waals surface area contributed by atoms with Crippen molar-refractivity contribution in [2.24, 2.45) is 5.92 Å². The van der Waals surface area contributed by atoms with Gasteiger partial charge >= 0.3 is 0 Å². The fraction of sp³-hybridized carbons (Fsp3) is 0.667. The number of aliphatic carboxylic acids is 1. The van der Waals surface area contributed by atoms with Crippen molar-refractivity contribution in [1.29, 1.82) is 5.26 Å². The first-order valence-corrected chi connectivity index (χ1v) is 2.80. The maximum Gasteiger partial charge on any atom is 0.0628 e. The molecule has 0 rings (SSSR count). The van der Waals surface area contributed by atoms with Crippen LogP contribution < -0.4 is 5.11 Å². The largest absolute Gasteiger partial charge is 0.550 e. The van der Waals surface area contributed by atoms with Gasteiger partial charge in [0, 0.05) is 18.3 Å². The molecule has 1 atom stereocenters. The maximum atomic E-state index is 10.1. The Kier molecular flexibility index (Phi) is 3.45. The molecule has 9 heavy (non-hydrogen) atoms. The number of hydrogen-bond donors (Lipinski definition) is 0. The van der Waals surface area contributed by atoms with Crippen molar-refractivity contribution in [3.05, 3.63) is 0 Å². The molecule has 0 aromatic heterocycles. The van der Waals surface area contributed by atoms with E-state index in [1.807, 2.05) is 0 Å². The Labute approximate surface area is 53.9 Å². The standard InChI is InChI=1S/C6H9NO2/c1-2-5(3-4-7)6(8)9/h5H,2-3H2,1H3,(H,8,9)/p-1. The van der Waals surface area contributed by atoms with E-state index < -0.39 is 11.9 Å². The van der Waals surface area contributed by atoms with Crippen molar-refractivity contribution < 1.29 is 9.90 Å². The highest BCUT2D eigenvalue weighted by Crippen LogP contribution is 2.04. The van der Waals surface area contributed by atoms with Crippen LogP contribution in [-0.4, -0.2) is 5.97 Å². The van der Waals surface area contributed by atoms with Crippen LogP contribution in [0.4, 0.5) is 0 Å². The van der Waals surface area contributed by atoms with Crippen LogP contribution in [-0.2, 0) is 4.79 Å². The first kappa shape index (κ1) is 7.96. The van der Waals surface area contributed by atoms with Gasteiger partial charge in [-0.15, -0.1) is 0 Å². The van der Waals surface area contributed by atoms with Gasteiger partial charge in [0.05, 0.1) is 6.07 Å². The van der Waals surface area contributed by atoms with Crippen LogP contribution in [0.1, 0.15) is 19.8 Å². The second-order valence-electron chi connectivity index (χ2n) is 1.79. The average Bonchev–Trinajstić information content (AvgIpc) is 1.82. The normalized spacial score (nSPS) is 12.0. The summed E-state index contributed by atoms with van der Waals surface area (Å²) in [6, 6.07) is 1.78. The quantitative estimate of drug-likeness (QED) is 0.520. The molecule has 50 valence electrons. The van der Waals surface area contributed by atoms with E-state index in [9.17, 15) is 9.90 Å². The molecule has 0 aromatic carbocycles. The summed E-state index contributed by atoms with van der Waals surface area (Å²) >= 11 is 0. The van der Waals surface area contributed by atoms with Crippen LogP contribution in [0.15, 0.2) is 0 Å². The molecule has 0 aliphatic heterocycles. The second-order valence-corrected chi connectivity index (χ2v) is 1.79. The number of hydrogen-bond acceptors (Lipinski definition) is 3. The highest BCUT2D eigenvalue weighted by atomic mass is 16.4. The van der Waals surface area contributed by atoms with Gasteiger partial charge in [-0.1, -0.05) is 6.92 Å².